The summed E-state index contributed by atoms with van der Waals surface area (Å²) in [6, 6.07) is 13.0. The molecule has 3 aliphatic rings. The zero-order valence-electron chi connectivity index (χ0n) is 21.6. The number of hydrazone groups is 1. The fourth-order valence-corrected chi connectivity index (χ4v) is 5.46. The summed E-state index contributed by atoms with van der Waals surface area (Å²) in [4.78, 5) is 21.1. The summed E-state index contributed by atoms with van der Waals surface area (Å²) in [5, 5.41) is 18.0. The molecule has 0 bridgehead atoms. The smallest absolute Gasteiger partial charge is 0.225 e. The summed E-state index contributed by atoms with van der Waals surface area (Å²) >= 11 is 0. The second-order valence-corrected chi connectivity index (χ2v) is 10.9. The second kappa shape index (κ2) is 10.7. The van der Waals surface area contributed by atoms with Gasteiger partial charge in [-0.15, -0.1) is 0 Å². The number of pyridine rings is 1. The van der Waals surface area contributed by atoms with Gasteiger partial charge in [0.2, 0.25) is 5.91 Å². The first-order valence-electron chi connectivity index (χ1n) is 13.5. The molecule has 1 aromatic carbocycles. The van der Waals surface area contributed by atoms with Gasteiger partial charge >= 0.3 is 0 Å². The molecule has 7 nitrogen and oxygen atoms in total. The zero-order chi connectivity index (χ0) is 25.1. The standard InChI is InChI=1S/C29H39N5O2/c1-3-25-9-4-23(19-30-25)21-32(2)20-22-5-10-26(11-6-22)34-27(12-15-31-34)18-29(36)13-16-33(17-14-29)28(35)24-7-8-24/h4-6,9-11,15,19,24,27,36H,3,7-8,12-14,16-18,20-21H2,1-2H3. The van der Waals surface area contributed by atoms with Crippen LogP contribution in [0.15, 0.2) is 47.7 Å². The Balaban J connectivity index is 1.14. The largest absolute Gasteiger partial charge is 0.390 e. The number of hydrogen-bond donors (Lipinski definition) is 1. The van der Waals surface area contributed by atoms with E-state index < -0.39 is 5.60 Å². The third kappa shape index (κ3) is 5.95. The summed E-state index contributed by atoms with van der Waals surface area (Å²) in [7, 11) is 2.13. The number of carbonyl (C=O) groups is 1. The van der Waals surface area contributed by atoms with Crippen LogP contribution >= 0.6 is 0 Å². The Morgan fingerprint density at radius 3 is 2.42 bits per heavy atom. The number of anilines is 1. The first-order valence-corrected chi connectivity index (χ1v) is 13.5. The number of piperidine rings is 1. The molecular weight excluding hydrogens is 450 g/mol. The third-order valence-corrected chi connectivity index (χ3v) is 7.83. The van der Waals surface area contributed by atoms with Crippen molar-refractivity contribution in [3.05, 3.63) is 59.4 Å². The van der Waals surface area contributed by atoms with Crippen molar-refractivity contribution in [1.82, 2.24) is 14.8 Å². The summed E-state index contributed by atoms with van der Waals surface area (Å²) in [5.41, 5.74) is 3.93. The molecule has 7 heteroatoms. The van der Waals surface area contributed by atoms with Crippen LogP contribution in [0.5, 0.6) is 0 Å². The number of aromatic nitrogens is 1. The number of carbonyl (C=O) groups excluding carboxylic acids is 1. The zero-order valence-corrected chi connectivity index (χ0v) is 21.6. The van der Waals surface area contributed by atoms with Crippen molar-refractivity contribution in [3.8, 4) is 0 Å². The number of likely N-dealkylation sites (tertiary alicyclic amines) is 1. The van der Waals surface area contributed by atoms with E-state index in [2.05, 4.69) is 70.4 Å². The van der Waals surface area contributed by atoms with E-state index in [0.29, 0.717) is 38.3 Å². The van der Waals surface area contributed by atoms with E-state index in [1.165, 1.54) is 11.1 Å². The van der Waals surface area contributed by atoms with Crippen molar-refractivity contribution in [2.24, 2.45) is 11.0 Å². The molecule has 2 aliphatic heterocycles. The van der Waals surface area contributed by atoms with Gasteiger partial charge in [-0.25, -0.2) is 0 Å². The van der Waals surface area contributed by atoms with Gasteiger partial charge in [0.1, 0.15) is 0 Å². The molecule has 1 saturated heterocycles. The van der Waals surface area contributed by atoms with Gasteiger partial charge < -0.3 is 10.0 Å². The van der Waals surface area contributed by atoms with Crippen molar-refractivity contribution >= 4 is 17.8 Å². The van der Waals surface area contributed by atoms with Gasteiger partial charge in [0.15, 0.2) is 0 Å². The Hall–Kier alpha value is -2.77. The number of nitrogens with zero attached hydrogens (tertiary/aromatic N) is 5. The van der Waals surface area contributed by atoms with E-state index in [9.17, 15) is 9.90 Å². The third-order valence-electron chi connectivity index (χ3n) is 7.83. The quantitative estimate of drug-likeness (QED) is 0.577. The van der Waals surface area contributed by atoms with Crippen LogP contribution in [0.1, 0.15) is 62.3 Å². The highest BCUT2D eigenvalue weighted by molar-refractivity contribution is 5.81. The highest BCUT2D eigenvalue weighted by atomic mass is 16.3. The predicted octanol–water partition coefficient (Wildman–Crippen LogP) is 3.99. The highest BCUT2D eigenvalue weighted by Crippen LogP contribution is 2.36. The molecule has 192 valence electrons. The van der Waals surface area contributed by atoms with E-state index in [-0.39, 0.29) is 12.0 Å². The van der Waals surface area contributed by atoms with Crippen molar-refractivity contribution in [3.63, 3.8) is 0 Å². The Labute approximate surface area is 214 Å². The summed E-state index contributed by atoms with van der Waals surface area (Å²) in [5.74, 6) is 0.543. The Morgan fingerprint density at radius 1 is 1.08 bits per heavy atom. The van der Waals surface area contributed by atoms with Gasteiger partial charge in [0.05, 0.1) is 17.3 Å². The average Bonchev–Trinajstić information content (AvgIpc) is 3.64. The number of hydrogen-bond acceptors (Lipinski definition) is 6. The van der Waals surface area contributed by atoms with Crippen LogP contribution in [0.3, 0.4) is 0 Å². The minimum Gasteiger partial charge on any atom is -0.390 e. The Bertz CT molecular complexity index is 1060. The van der Waals surface area contributed by atoms with E-state index in [1.807, 2.05) is 17.3 Å². The van der Waals surface area contributed by atoms with E-state index in [1.54, 1.807) is 0 Å². The lowest BCUT2D eigenvalue weighted by Crippen LogP contribution is -2.49. The molecule has 1 amide bonds. The topological polar surface area (TPSA) is 72.3 Å². The van der Waals surface area contributed by atoms with Gasteiger partial charge in [-0.1, -0.05) is 25.1 Å². The number of amides is 1. The molecule has 1 saturated carbocycles. The number of aliphatic hydroxyl groups is 1. The van der Waals surface area contributed by atoms with Gasteiger partial charge in [-0.3, -0.25) is 19.7 Å². The molecule has 0 spiro atoms. The lowest BCUT2D eigenvalue weighted by Gasteiger charge is -2.40. The summed E-state index contributed by atoms with van der Waals surface area (Å²) < 4.78 is 0. The van der Waals surface area contributed by atoms with Crippen molar-refractivity contribution < 1.29 is 9.90 Å². The molecule has 1 unspecified atom stereocenters. The molecule has 0 radical (unpaired) electrons. The van der Waals surface area contributed by atoms with Gasteiger partial charge in [-0.2, -0.15) is 5.10 Å². The molecular formula is C29H39N5O2. The van der Waals surface area contributed by atoms with Crippen LogP contribution in [0.4, 0.5) is 5.69 Å². The van der Waals surface area contributed by atoms with Crippen LogP contribution in [-0.4, -0.2) is 63.8 Å². The number of benzene rings is 1. The average molecular weight is 490 g/mol. The second-order valence-electron chi connectivity index (χ2n) is 10.9. The van der Waals surface area contributed by atoms with Gasteiger partial charge in [0, 0.05) is 56.6 Å². The fraction of sp³-hybridized carbons (Fsp3) is 0.552. The first-order chi connectivity index (χ1) is 17.4. The molecule has 36 heavy (non-hydrogen) atoms. The monoisotopic (exact) mass is 489 g/mol. The normalized spacial score (nSPS) is 21.4. The summed E-state index contributed by atoms with van der Waals surface area (Å²) in [6.07, 6.45) is 9.78. The Morgan fingerprint density at radius 2 is 1.78 bits per heavy atom. The lowest BCUT2D eigenvalue weighted by atomic mass is 9.84. The number of rotatable bonds is 9. The maximum Gasteiger partial charge on any atom is 0.225 e. The predicted molar refractivity (Wildman–Crippen MR) is 143 cm³/mol. The van der Waals surface area contributed by atoms with Crippen LogP contribution < -0.4 is 5.01 Å². The van der Waals surface area contributed by atoms with Crippen molar-refractivity contribution in [2.75, 3.05) is 25.1 Å². The van der Waals surface area contributed by atoms with Crippen LogP contribution in [0.2, 0.25) is 0 Å². The molecule has 1 N–H and O–H groups in total. The van der Waals surface area contributed by atoms with Crippen LogP contribution in [0.25, 0.3) is 0 Å². The highest BCUT2D eigenvalue weighted by Gasteiger charge is 2.41. The minimum absolute atomic E-state index is 0.146. The molecule has 1 atom stereocenters. The van der Waals surface area contributed by atoms with E-state index in [4.69, 9.17) is 0 Å². The maximum absolute atomic E-state index is 12.4. The SMILES string of the molecule is CCc1ccc(CN(C)Cc2ccc(N3N=CCC3CC3(O)CCN(C(=O)C4CC4)CC3)cc2)cn1. The molecule has 3 heterocycles. The van der Waals surface area contributed by atoms with Crippen molar-refractivity contribution in [2.45, 2.75) is 76.6 Å². The van der Waals surface area contributed by atoms with Crippen LogP contribution in [-0.2, 0) is 24.3 Å². The maximum atomic E-state index is 12.4. The van der Waals surface area contributed by atoms with E-state index >= 15 is 0 Å². The van der Waals surface area contributed by atoms with Gasteiger partial charge in [-0.05, 0) is 74.9 Å². The van der Waals surface area contributed by atoms with Gasteiger partial charge in [0.25, 0.3) is 0 Å². The van der Waals surface area contributed by atoms with Crippen LogP contribution in [0, 0.1) is 5.92 Å². The lowest BCUT2D eigenvalue weighted by molar-refractivity contribution is -0.137. The fourth-order valence-electron chi connectivity index (χ4n) is 5.46. The molecule has 1 aromatic heterocycles. The number of aryl methyl sites for hydroxylation is 1. The molecule has 1 aliphatic carbocycles. The molecule has 5 rings (SSSR count). The molecule has 2 aromatic rings. The Kier molecular flexibility index (Phi) is 7.39. The minimum atomic E-state index is -0.732. The summed E-state index contributed by atoms with van der Waals surface area (Å²) in [6.45, 7) is 5.18. The molecule has 2 fully saturated rings. The van der Waals surface area contributed by atoms with Crippen molar-refractivity contribution in [1.29, 1.82) is 0 Å². The van der Waals surface area contributed by atoms with E-state index in [0.717, 1.165) is 50.2 Å². The first kappa shape index (κ1) is 24.9.